The first-order valence-corrected chi connectivity index (χ1v) is 12.8. The molecule has 0 unspecified atom stereocenters. The zero-order valence-electron chi connectivity index (χ0n) is 20.6. The summed E-state index contributed by atoms with van der Waals surface area (Å²) in [5, 5.41) is 8.34. The van der Waals surface area contributed by atoms with E-state index in [2.05, 4.69) is 29.5 Å². The predicted octanol–water partition coefficient (Wildman–Crippen LogP) is 5.92. The van der Waals surface area contributed by atoms with Gasteiger partial charge in [-0.3, -0.25) is 9.59 Å². The van der Waals surface area contributed by atoms with Crippen molar-refractivity contribution in [1.29, 1.82) is 0 Å². The Hall–Kier alpha value is -4.30. The molecule has 0 aliphatic rings. The second-order valence-electron chi connectivity index (χ2n) is 8.73. The number of aromatic nitrogens is 3. The van der Waals surface area contributed by atoms with Gasteiger partial charge in [-0.2, -0.15) is 5.10 Å². The quantitative estimate of drug-likeness (QED) is 0.280. The van der Waals surface area contributed by atoms with E-state index in [1.54, 1.807) is 24.5 Å². The monoisotopic (exact) mass is 510 g/mol. The van der Waals surface area contributed by atoms with E-state index < -0.39 is 0 Å². The number of aryl methyl sites for hydroxylation is 2. The highest BCUT2D eigenvalue weighted by Gasteiger charge is 2.09. The van der Waals surface area contributed by atoms with Gasteiger partial charge in [-0.05, 0) is 85.6 Å². The number of anilines is 1. The molecule has 2 heterocycles. The Morgan fingerprint density at radius 1 is 0.973 bits per heavy atom. The second kappa shape index (κ2) is 10.8. The molecule has 0 radical (unpaired) electrons. The first-order valence-electron chi connectivity index (χ1n) is 12.0. The topological polar surface area (TPSA) is 86.1 Å². The van der Waals surface area contributed by atoms with E-state index >= 15 is 0 Å². The van der Waals surface area contributed by atoms with Gasteiger partial charge in [0.05, 0.1) is 23.0 Å². The smallest absolute Gasteiger partial charge is 0.266 e. The van der Waals surface area contributed by atoms with E-state index in [1.165, 1.54) is 16.3 Å². The van der Waals surface area contributed by atoms with Crippen LogP contribution in [0, 0.1) is 6.92 Å². The summed E-state index contributed by atoms with van der Waals surface area (Å²) in [7, 11) is 1.61. The maximum Gasteiger partial charge on any atom is 0.266 e. The molecular formula is C29H26N4O3S. The van der Waals surface area contributed by atoms with Gasteiger partial charge in [0.25, 0.3) is 5.56 Å². The molecule has 0 aliphatic heterocycles. The molecule has 1 N–H and O–H groups in total. The highest BCUT2D eigenvalue weighted by Crippen LogP contribution is 2.31. The number of methoxy groups -OCH3 is 1. The van der Waals surface area contributed by atoms with Gasteiger partial charge in [0, 0.05) is 35.8 Å². The number of hydrogen-bond donors (Lipinski definition) is 1. The fourth-order valence-electron chi connectivity index (χ4n) is 3.99. The number of rotatable bonds is 8. The number of nitrogens with one attached hydrogen (secondary N) is 1. The largest absolute Gasteiger partial charge is 0.497 e. The summed E-state index contributed by atoms with van der Waals surface area (Å²) in [5.74, 6) is 0.645. The van der Waals surface area contributed by atoms with Crippen LogP contribution < -0.4 is 15.6 Å². The van der Waals surface area contributed by atoms with Gasteiger partial charge in [-0.1, -0.05) is 6.07 Å². The molecule has 7 nitrogen and oxygen atoms in total. The van der Waals surface area contributed by atoms with E-state index in [-0.39, 0.29) is 17.9 Å². The molecule has 186 valence electrons. The minimum Gasteiger partial charge on any atom is -0.497 e. The van der Waals surface area contributed by atoms with Crippen LogP contribution in [-0.4, -0.2) is 27.8 Å². The number of ether oxygens (including phenoxy) is 1. The summed E-state index contributed by atoms with van der Waals surface area (Å²) in [5.41, 5.74) is 5.32. The molecule has 2 aromatic heterocycles. The van der Waals surface area contributed by atoms with Crippen LogP contribution >= 0.6 is 11.3 Å². The lowest BCUT2D eigenvalue weighted by Gasteiger charge is -2.09. The van der Waals surface area contributed by atoms with E-state index in [4.69, 9.17) is 9.72 Å². The number of amides is 1. The van der Waals surface area contributed by atoms with E-state index in [0.717, 1.165) is 37.8 Å². The third-order valence-electron chi connectivity index (χ3n) is 5.99. The average Bonchev–Trinajstić information content (AvgIpc) is 3.33. The third kappa shape index (κ3) is 5.76. The van der Waals surface area contributed by atoms with Crippen LogP contribution in [0.1, 0.15) is 18.4 Å². The summed E-state index contributed by atoms with van der Waals surface area (Å²) in [6.07, 6.45) is 0.772. The van der Waals surface area contributed by atoms with Gasteiger partial charge in [0.2, 0.25) is 5.91 Å². The maximum atomic E-state index is 12.5. The predicted molar refractivity (Wildman–Crippen MR) is 148 cm³/mol. The van der Waals surface area contributed by atoms with Crippen molar-refractivity contribution < 1.29 is 9.53 Å². The Bertz CT molecular complexity index is 1610. The Labute approximate surface area is 218 Å². The molecule has 0 spiro atoms. The van der Waals surface area contributed by atoms with Gasteiger partial charge in [-0.15, -0.1) is 11.3 Å². The van der Waals surface area contributed by atoms with Crippen LogP contribution in [-0.2, 0) is 11.3 Å². The zero-order chi connectivity index (χ0) is 25.8. The summed E-state index contributed by atoms with van der Waals surface area (Å²) in [6.45, 7) is 2.43. The molecule has 37 heavy (non-hydrogen) atoms. The molecule has 0 saturated carbocycles. The van der Waals surface area contributed by atoms with Crippen molar-refractivity contribution in [1.82, 2.24) is 14.8 Å². The highest BCUT2D eigenvalue weighted by atomic mass is 32.1. The van der Waals surface area contributed by atoms with Crippen LogP contribution in [0.15, 0.2) is 83.7 Å². The Morgan fingerprint density at radius 3 is 2.49 bits per heavy atom. The highest BCUT2D eigenvalue weighted by molar-refractivity contribution is 7.21. The van der Waals surface area contributed by atoms with Crippen molar-refractivity contribution in [2.75, 3.05) is 12.4 Å². The van der Waals surface area contributed by atoms with E-state index in [9.17, 15) is 9.59 Å². The Kier molecular flexibility index (Phi) is 7.09. The average molecular weight is 511 g/mol. The summed E-state index contributed by atoms with van der Waals surface area (Å²) < 4.78 is 7.76. The Morgan fingerprint density at radius 2 is 1.73 bits per heavy atom. The fraction of sp³-hybridized carbons (Fsp3) is 0.172. The first kappa shape index (κ1) is 24.4. The number of hydrogen-bond acceptors (Lipinski definition) is 6. The van der Waals surface area contributed by atoms with Crippen LogP contribution in [0.25, 0.3) is 32.0 Å². The second-order valence-corrected chi connectivity index (χ2v) is 9.76. The fourth-order valence-corrected chi connectivity index (χ4v) is 5.06. The molecule has 0 saturated heterocycles. The van der Waals surface area contributed by atoms with Crippen molar-refractivity contribution in [3.05, 3.63) is 94.8 Å². The molecule has 5 rings (SSSR count). The lowest BCUT2D eigenvalue weighted by atomic mass is 10.1. The molecule has 5 aromatic rings. The third-order valence-corrected chi connectivity index (χ3v) is 7.05. The van der Waals surface area contributed by atoms with Crippen molar-refractivity contribution in [3.63, 3.8) is 0 Å². The SMILES string of the molecule is COc1ccc(-c2ccc(=O)n(CCCC(=O)Nc3ccc(-c4nc5ccc(C)cc5s4)cc3)n2)cc1. The summed E-state index contributed by atoms with van der Waals surface area (Å²) >= 11 is 1.66. The number of fused-ring (bicyclic) bond motifs is 1. The van der Waals surface area contributed by atoms with Gasteiger partial charge in [-0.25, -0.2) is 9.67 Å². The van der Waals surface area contributed by atoms with Crippen LogP contribution in [0.4, 0.5) is 5.69 Å². The van der Waals surface area contributed by atoms with Crippen LogP contribution in [0.3, 0.4) is 0 Å². The number of benzene rings is 3. The van der Waals surface area contributed by atoms with Crippen molar-refractivity contribution in [2.24, 2.45) is 0 Å². The normalized spacial score (nSPS) is 11.0. The number of carbonyl (C=O) groups excluding carboxylic acids is 1. The standard InChI is InChI=1S/C29H26N4O3S/c1-19-5-14-25-26(18-19)37-29(31-25)21-6-10-22(11-7-21)30-27(34)4-3-17-33-28(35)16-15-24(32-33)20-8-12-23(36-2)13-9-20/h5-16,18H,3-4,17H2,1-2H3,(H,30,34). The van der Waals surface area contributed by atoms with Gasteiger partial charge in [0.15, 0.2) is 0 Å². The van der Waals surface area contributed by atoms with Gasteiger partial charge >= 0.3 is 0 Å². The number of thiazole rings is 1. The van der Waals surface area contributed by atoms with Crippen molar-refractivity contribution in [2.45, 2.75) is 26.3 Å². The van der Waals surface area contributed by atoms with Crippen molar-refractivity contribution in [3.8, 4) is 27.6 Å². The molecule has 3 aromatic carbocycles. The molecule has 1 amide bonds. The lowest BCUT2D eigenvalue weighted by molar-refractivity contribution is -0.116. The molecular weight excluding hydrogens is 484 g/mol. The first-order chi connectivity index (χ1) is 18.0. The zero-order valence-corrected chi connectivity index (χ0v) is 21.4. The van der Waals surface area contributed by atoms with E-state index in [1.807, 2.05) is 54.6 Å². The molecule has 0 aliphatic carbocycles. The molecule has 0 bridgehead atoms. The minimum atomic E-state index is -0.196. The van der Waals surface area contributed by atoms with Gasteiger partial charge in [0.1, 0.15) is 10.8 Å². The van der Waals surface area contributed by atoms with Crippen LogP contribution in [0.2, 0.25) is 0 Å². The summed E-state index contributed by atoms with van der Waals surface area (Å²) in [4.78, 5) is 29.5. The Balaban J connectivity index is 1.17. The van der Waals surface area contributed by atoms with Gasteiger partial charge < -0.3 is 10.1 Å². The number of nitrogens with zero attached hydrogens (tertiary/aromatic N) is 3. The molecule has 0 atom stereocenters. The molecule has 8 heteroatoms. The molecule has 0 fully saturated rings. The minimum absolute atomic E-state index is 0.109. The van der Waals surface area contributed by atoms with E-state index in [0.29, 0.717) is 18.7 Å². The van der Waals surface area contributed by atoms with Crippen molar-refractivity contribution >= 4 is 33.1 Å². The summed E-state index contributed by atoms with van der Waals surface area (Å²) in [6, 6.07) is 24.6. The maximum absolute atomic E-state index is 12.5. The van der Waals surface area contributed by atoms with Crippen LogP contribution in [0.5, 0.6) is 5.75 Å². The lowest BCUT2D eigenvalue weighted by Crippen LogP contribution is -2.23. The number of carbonyl (C=O) groups is 1.